The lowest BCUT2D eigenvalue weighted by Gasteiger charge is -2.37. The van der Waals surface area contributed by atoms with E-state index in [2.05, 4.69) is 5.32 Å². The summed E-state index contributed by atoms with van der Waals surface area (Å²) in [5.41, 5.74) is 0. The third-order valence-corrected chi connectivity index (χ3v) is 3.83. The van der Waals surface area contributed by atoms with Gasteiger partial charge in [-0.15, -0.1) is 0 Å². The van der Waals surface area contributed by atoms with Crippen molar-refractivity contribution in [2.75, 3.05) is 13.1 Å². The molecule has 0 aromatic rings. The summed E-state index contributed by atoms with van der Waals surface area (Å²) in [4.78, 5) is 11.2. The molecule has 3 heteroatoms. The monoisotopic (exact) mass is 197 g/mol. The van der Waals surface area contributed by atoms with Crippen LogP contribution < -0.4 is 5.32 Å². The lowest BCUT2D eigenvalue weighted by Crippen LogP contribution is -2.40. The first-order valence-corrected chi connectivity index (χ1v) is 5.72. The minimum absolute atomic E-state index is 0.0501. The van der Waals surface area contributed by atoms with Crippen LogP contribution in [0.4, 0.5) is 0 Å². The van der Waals surface area contributed by atoms with Gasteiger partial charge in [0.2, 0.25) is 0 Å². The van der Waals surface area contributed by atoms with E-state index in [0.717, 1.165) is 38.8 Å². The van der Waals surface area contributed by atoms with E-state index in [1.165, 1.54) is 6.42 Å². The van der Waals surface area contributed by atoms with Gasteiger partial charge in [-0.3, -0.25) is 4.79 Å². The van der Waals surface area contributed by atoms with Crippen molar-refractivity contribution >= 4 is 5.97 Å². The Morgan fingerprint density at radius 2 is 1.71 bits per heavy atom. The van der Waals surface area contributed by atoms with E-state index in [1.807, 2.05) is 0 Å². The quantitative estimate of drug-likeness (QED) is 0.720. The van der Waals surface area contributed by atoms with Gasteiger partial charge in [0.1, 0.15) is 0 Å². The summed E-state index contributed by atoms with van der Waals surface area (Å²) < 4.78 is 0. The number of carboxylic acid groups (broad SMARTS) is 1. The highest BCUT2D eigenvalue weighted by Gasteiger charge is 2.38. The molecule has 1 heterocycles. The number of hydrogen-bond donors (Lipinski definition) is 2. The maximum absolute atomic E-state index is 11.2. The predicted molar refractivity (Wildman–Crippen MR) is 54.1 cm³/mol. The van der Waals surface area contributed by atoms with Crippen molar-refractivity contribution in [3.05, 3.63) is 0 Å². The minimum Gasteiger partial charge on any atom is -0.481 e. The number of hydrogen-bond acceptors (Lipinski definition) is 2. The molecule has 0 amide bonds. The fraction of sp³-hybridized carbons (Fsp3) is 0.909. The largest absolute Gasteiger partial charge is 0.481 e. The van der Waals surface area contributed by atoms with Gasteiger partial charge in [0.15, 0.2) is 0 Å². The Kier molecular flexibility index (Phi) is 3.06. The molecule has 1 atom stereocenters. The summed E-state index contributed by atoms with van der Waals surface area (Å²) in [7, 11) is 0. The average molecular weight is 197 g/mol. The van der Waals surface area contributed by atoms with E-state index in [9.17, 15) is 9.90 Å². The van der Waals surface area contributed by atoms with Crippen LogP contribution in [0.15, 0.2) is 0 Å². The highest BCUT2D eigenvalue weighted by atomic mass is 16.4. The molecule has 80 valence electrons. The van der Waals surface area contributed by atoms with Crippen LogP contribution in [-0.4, -0.2) is 24.2 Å². The first-order chi connectivity index (χ1) is 6.79. The van der Waals surface area contributed by atoms with Crippen molar-refractivity contribution in [2.24, 2.45) is 17.8 Å². The molecule has 1 saturated heterocycles. The zero-order chi connectivity index (χ0) is 9.97. The standard InChI is InChI=1S/C11H19NO2/c13-11(14)10(8-2-1-3-8)9-4-6-12-7-5-9/h8-10,12H,1-7H2,(H,13,14). The summed E-state index contributed by atoms with van der Waals surface area (Å²) in [6.07, 6.45) is 5.61. The Labute approximate surface area is 84.9 Å². The highest BCUT2D eigenvalue weighted by molar-refractivity contribution is 5.71. The van der Waals surface area contributed by atoms with Crippen LogP contribution in [-0.2, 0) is 4.79 Å². The van der Waals surface area contributed by atoms with Crippen molar-refractivity contribution in [1.82, 2.24) is 5.32 Å². The maximum Gasteiger partial charge on any atom is 0.307 e. The second-order valence-electron chi connectivity index (χ2n) is 4.64. The van der Waals surface area contributed by atoms with Gasteiger partial charge in [0.25, 0.3) is 0 Å². The molecule has 2 rings (SSSR count). The Balaban J connectivity index is 1.97. The fourth-order valence-electron chi connectivity index (χ4n) is 2.79. The molecule has 2 N–H and O–H groups in total. The van der Waals surface area contributed by atoms with E-state index in [-0.39, 0.29) is 5.92 Å². The molecule has 0 spiro atoms. The lowest BCUT2D eigenvalue weighted by molar-refractivity contribution is -0.148. The number of rotatable bonds is 3. The summed E-state index contributed by atoms with van der Waals surface area (Å²) in [5, 5.41) is 12.5. The van der Waals surface area contributed by atoms with E-state index in [1.54, 1.807) is 0 Å². The van der Waals surface area contributed by atoms with Gasteiger partial charge in [-0.1, -0.05) is 6.42 Å². The Morgan fingerprint density at radius 3 is 2.14 bits per heavy atom. The molecule has 14 heavy (non-hydrogen) atoms. The van der Waals surface area contributed by atoms with Crippen molar-refractivity contribution in [3.63, 3.8) is 0 Å². The molecule has 0 aromatic heterocycles. The summed E-state index contributed by atoms with van der Waals surface area (Å²) >= 11 is 0. The van der Waals surface area contributed by atoms with E-state index < -0.39 is 5.97 Å². The molecule has 1 saturated carbocycles. The summed E-state index contributed by atoms with van der Waals surface area (Å²) in [5.74, 6) is 0.307. The van der Waals surface area contributed by atoms with Gasteiger partial charge in [-0.25, -0.2) is 0 Å². The van der Waals surface area contributed by atoms with E-state index in [4.69, 9.17) is 0 Å². The van der Waals surface area contributed by atoms with Gasteiger partial charge in [0, 0.05) is 0 Å². The van der Waals surface area contributed by atoms with Crippen molar-refractivity contribution < 1.29 is 9.90 Å². The van der Waals surface area contributed by atoms with Gasteiger partial charge in [-0.2, -0.15) is 0 Å². The number of nitrogens with one attached hydrogen (secondary N) is 1. The van der Waals surface area contributed by atoms with E-state index >= 15 is 0 Å². The second kappa shape index (κ2) is 4.30. The van der Waals surface area contributed by atoms with Crippen LogP contribution >= 0.6 is 0 Å². The van der Waals surface area contributed by atoms with Crippen LogP contribution in [0.2, 0.25) is 0 Å². The molecule has 1 aliphatic carbocycles. The van der Waals surface area contributed by atoms with Crippen LogP contribution in [0.3, 0.4) is 0 Å². The highest BCUT2D eigenvalue weighted by Crippen LogP contribution is 2.40. The first kappa shape index (κ1) is 9.97. The Hall–Kier alpha value is -0.570. The van der Waals surface area contributed by atoms with Crippen LogP contribution in [0.1, 0.15) is 32.1 Å². The molecule has 2 fully saturated rings. The predicted octanol–water partition coefficient (Wildman–Crippen LogP) is 1.49. The van der Waals surface area contributed by atoms with Gasteiger partial charge in [0.05, 0.1) is 5.92 Å². The summed E-state index contributed by atoms with van der Waals surface area (Å²) in [6, 6.07) is 0. The second-order valence-corrected chi connectivity index (χ2v) is 4.64. The van der Waals surface area contributed by atoms with Crippen LogP contribution in [0, 0.1) is 17.8 Å². The average Bonchev–Trinajstić information content (AvgIpc) is 2.12. The zero-order valence-electron chi connectivity index (χ0n) is 8.54. The van der Waals surface area contributed by atoms with E-state index in [0.29, 0.717) is 11.8 Å². The molecular weight excluding hydrogens is 178 g/mol. The topological polar surface area (TPSA) is 49.3 Å². The Morgan fingerprint density at radius 1 is 1.14 bits per heavy atom. The molecular formula is C11H19NO2. The van der Waals surface area contributed by atoms with Crippen LogP contribution in [0.5, 0.6) is 0 Å². The normalized spacial score (nSPS) is 26.9. The maximum atomic E-state index is 11.2. The molecule has 0 radical (unpaired) electrons. The molecule has 0 bridgehead atoms. The number of piperidine rings is 1. The van der Waals surface area contributed by atoms with Crippen molar-refractivity contribution in [3.8, 4) is 0 Å². The van der Waals surface area contributed by atoms with Gasteiger partial charge < -0.3 is 10.4 Å². The third kappa shape index (κ3) is 1.92. The Bertz CT molecular complexity index is 207. The molecule has 0 aromatic carbocycles. The number of aliphatic carboxylic acids is 1. The zero-order valence-corrected chi connectivity index (χ0v) is 8.54. The molecule has 1 aliphatic heterocycles. The van der Waals surface area contributed by atoms with Gasteiger partial charge >= 0.3 is 5.97 Å². The lowest BCUT2D eigenvalue weighted by atomic mass is 9.68. The first-order valence-electron chi connectivity index (χ1n) is 5.72. The third-order valence-electron chi connectivity index (χ3n) is 3.83. The van der Waals surface area contributed by atoms with Crippen LogP contribution in [0.25, 0.3) is 0 Å². The fourth-order valence-corrected chi connectivity index (χ4v) is 2.79. The minimum atomic E-state index is -0.554. The van der Waals surface area contributed by atoms with Crippen molar-refractivity contribution in [1.29, 1.82) is 0 Å². The number of carbonyl (C=O) groups is 1. The number of carboxylic acids is 1. The van der Waals surface area contributed by atoms with Gasteiger partial charge in [-0.05, 0) is 50.6 Å². The smallest absolute Gasteiger partial charge is 0.307 e. The molecule has 2 aliphatic rings. The molecule has 1 unspecified atom stereocenters. The van der Waals surface area contributed by atoms with Crippen molar-refractivity contribution in [2.45, 2.75) is 32.1 Å². The SMILES string of the molecule is O=C(O)C(C1CCC1)C1CCNCC1. The molecule has 3 nitrogen and oxygen atoms in total. The summed E-state index contributed by atoms with van der Waals surface area (Å²) in [6.45, 7) is 2.00.